The number of hydroxylamine groups is 2. The van der Waals surface area contributed by atoms with Gasteiger partial charge >= 0.3 is 0 Å². The number of fused-ring (bicyclic) bond motifs is 1. The first-order chi connectivity index (χ1) is 10.2. The van der Waals surface area contributed by atoms with E-state index in [4.69, 9.17) is 20.0 Å². The molecule has 1 aliphatic heterocycles. The smallest absolute Gasteiger partial charge is 0.186 e. The van der Waals surface area contributed by atoms with Crippen LogP contribution in [0.4, 0.5) is 5.82 Å². The molecule has 2 aromatic heterocycles. The Morgan fingerprint density at radius 2 is 2.33 bits per heavy atom. The fraction of sp³-hybridized carbons (Fsp3) is 0.545. The van der Waals surface area contributed by atoms with Gasteiger partial charge in [-0.1, -0.05) is 0 Å². The summed E-state index contributed by atoms with van der Waals surface area (Å²) in [7, 11) is 1.57. The highest BCUT2D eigenvalue weighted by molar-refractivity contribution is 5.81. The average molecular weight is 296 g/mol. The molecule has 0 spiro atoms. The van der Waals surface area contributed by atoms with Crippen molar-refractivity contribution in [3.05, 3.63) is 12.7 Å². The minimum absolute atomic E-state index is 0.144. The summed E-state index contributed by atoms with van der Waals surface area (Å²) in [6.45, 7) is 0.176. The maximum atomic E-state index is 9.20. The van der Waals surface area contributed by atoms with Crippen molar-refractivity contribution in [2.75, 3.05) is 32.9 Å². The van der Waals surface area contributed by atoms with E-state index in [1.165, 1.54) is 11.4 Å². The molecule has 0 saturated carbocycles. The Bertz CT molecular complexity index is 620. The second-order valence-corrected chi connectivity index (χ2v) is 4.49. The van der Waals surface area contributed by atoms with Gasteiger partial charge in [0.1, 0.15) is 31.4 Å². The van der Waals surface area contributed by atoms with Gasteiger partial charge < -0.3 is 20.3 Å². The number of ether oxygens (including phenoxy) is 2. The third-order valence-corrected chi connectivity index (χ3v) is 3.16. The predicted molar refractivity (Wildman–Crippen MR) is 70.4 cm³/mol. The highest BCUT2D eigenvalue weighted by atomic mass is 16.8. The number of aromatic nitrogens is 4. The number of rotatable bonds is 4. The van der Waals surface area contributed by atoms with Gasteiger partial charge in [-0.25, -0.2) is 15.0 Å². The van der Waals surface area contributed by atoms with E-state index in [9.17, 15) is 5.11 Å². The lowest BCUT2D eigenvalue weighted by molar-refractivity contribution is -0.357. The van der Waals surface area contributed by atoms with Gasteiger partial charge in [-0.15, -0.1) is 5.06 Å². The van der Waals surface area contributed by atoms with Crippen LogP contribution in [0, 0.1) is 0 Å². The van der Waals surface area contributed by atoms with Crippen LogP contribution in [-0.2, 0) is 14.3 Å². The van der Waals surface area contributed by atoms with Crippen molar-refractivity contribution in [3.8, 4) is 0 Å². The topological polar surface area (TPSA) is 121 Å². The van der Waals surface area contributed by atoms with Crippen molar-refractivity contribution < 1.29 is 19.4 Å². The van der Waals surface area contributed by atoms with Gasteiger partial charge in [0.25, 0.3) is 0 Å². The van der Waals surface area contributed by atoms with Gasteiger partial charge in [-0.05, 0) is 0 Å². The van der Waals surface area contributed by atoms with Crippen LogP contribution in [-0.4, -0.2) is 63.0 Å². The summed E-state index contributed by atoms with van der Waals surface area (Å²) >= 11 is 0. The zero-order chi connectivity index (χ0) is 14.8. The number of imidazole rings is 1. The molecule has 3 heterocycles. The van der Waals surface area contributed by atoms with E-state index in [0.29, 0.717) is 17.8 Å². The molecule has 10 nitrogen and oxygen atoms in total. The Labute approximate surface area is 120 Å². The lowest BCUT2D eigenvalue weighted by Gasteiger charge is -2.37. The van der Waals surface area contributed by atoms with Gasteiger partial charge in [-0.3, -0.25) is 9.40 Å². The Hall–Kier alpha value is -1.85. The number of anilines is 1. The Kier molecular flexibility index (Phi) is 3.94. The number of hydrogen-bond acceptors (Lipinski definition) is 9. The van der Waals surface area contributed by atoms with E-state index in [0.717, 1.165) is 0 Å². The minimum Gasteiger partial charge on any atom is -0.382 e. The van der Waals surface area contributed by atoms with E-state index in [-0.39, 0.29) is 25.4 Å². The number of nitrogens with two attached hydrogens (primary N) is 1. The number of nitrogens with zero attached hydrogens (tertiary/aromatic N) is 5. The fourth-order valence-electron chi connectivity index (χ4n) is 2.17. The number of aliphatic hydroxyl groups is 1. The summed E-state index contributed by atoms with van der Waals surface area (Å²) in [4.78, 5) is 18.0. The lowest BCUT2D eigenvalue weighted by Crippen LogP contribution is -2.46. The van der Waals surface area contributed by atoms with Crippen molar-refractivity contribution in [1.29, 1.82) is 0 Å². The fourth-order valence-corrected chi connectivity index (χ4v) is 2.17. The number of methoxy groups -OCH3 is 1. The predicted octanol–water partition coefficient (Wildman–Crippen LogP) is -0.907. The third kappa shape index (κ3) is 2.54. The first-order valence-electron chi connectivity index (χ1n) is 6.30. The van der Waals surface area contributed by atoms with Gasteiger partial charge in [0, 0.05) is 7.11 Å². The zero-order valence-corrected chi connectivity index (χ0v) is 11.4. The average Bonchev–Trinajstić information content (AvgIpc) is 2.93. The quantitative estimate of drug-likeness (QED) is 0.738. The molecule has 3 rings (SSSR count). The summed E-state index contributed by atoms with van der Waals surface area (Å²) in [5.41, 5.74) is 6.78. The molecule has 2 unspecified atom stereocenters. The maximum absolute atomic E-state index is 9.20. The zero-order valence-electron chi connectivity index (χ0n) is 11.4. The van der Waals surface area contributed by atoms with Gasteiger partial charge in [-0.2, -0.15) is 0 Å². The molecule has 114 valence electrons. The summed E-state index contributed by atoms with van der Waals surface area (Å²) in [6.07, 6.45) is 1.96. The second-order valence-electron chi connectivity index (χ2n) is 4.49. The SMILES string of the molecule is COCC1OCN(CO)OC1n1cnc2c(N)ncnc21. The summed E-state index contributed by atoms with van der Waals surface area (Å²) in [5, 5.41) is 10.5. The number of hydrogen-bond donors (Lipinski definition) is 2. The van der Waals surface area contributed by atoms with E-state index in [1.807, 2.05) is 0 Å². The molecular formula is C11H16N6O4. The molecule has 10 heteroatoms. The van der Waals surface area contributed by atoms with E-state index in [1.54, 1.807) is 18.0 Å². The molecule has 1 aliphatic rings. The first-order valence-corrected chi connectivity index (χ1v) is 6.30. The molecule has 0 radical (unpaired) electrons. The Morgan fingerprint density at radius 3 is 3.10 bits per heavy atom. The molecule has 3 N–H and O–H groups in total. The van der Waals surface area contributed by atoms with Gasteiger partial charge in [0.05, 0.1) is 12.9 Å². The largest absolute Gasteiger partial charge is 0.382 e. The van der Waals surface area contributed by atoms with Crippen molar-refractivity contribution in [1.82, 2.24) is 24.6 Å². The molecule has 0 aromatic carbocycles. The second kappa shape index (κ2) is 5.87. The van der Waals surface area contributed by atoms with Crippen LogP contribution >= 0.6 is 0 Å². The van der Waals surface area contributed by atoms with Crippen LogP contribution < -0.4 is 5.73 Å². The number of aliphatic hydroxyl groups excluding tert-OH is 1. The van der Waals surface area contributed by atoms with E-state index >= 15 is 0 Å². The highest BCUT2D eigenvalue weighted by Crippen LogP contribution is 2.27. The van der Waals surface area contributed by atoms with Gasteiger partial charge in [0.15, 0.2) is 17.7 Å². The Morgan fingerprint density at radius 1 is 1.48 bits per heavy atom. The third-order valence-electron chi connectivity index (χ3n) is 3.16. The van der Waals surface area contributed by atoms with Crippen molar-refractivity contribution in [3.63, 3.8) is 0 Å². The minimum atomic E-state index is -0.579. The van der Waals surface area contributed by atoms with Crippen molar-refractivity contribution >= 4 is 17.0 Å². The van der Waals surface area contributed by atoms with E-state index in [2.05, 4.69) is 15.0 Å². The van der Waals surface area contributed by atoms with Gasteiger partial charge in [0.2, 0.25) is 0 Å². The van der Waals surface area contributed by atoms with Crippen LogP contribution in [0.5, 0.6) is 0 Å². The van der Waals surface area contributed by atoms with E-state index < -0.39 is 6.23 Å². The first kappa shape index (κ1) is 14.1. The molecule has 0 amide bonds. The molecule has 2 atom stereocenters. The van der Waals surface area contributed by atoms with Crippen LogP contribution in [0.15, 0.2) is 12.7 Å². The molecule has 2 aromatic rings. The monoisotopic (exact) mass is 296 g/mol. The van der Waals surface area contributed by atoms with Crippen molar-refractivity contribution in [2.24, 2.45) is 0 Å². The lowest BCUT2D eigenvalue weighted by atomic mass is 10.3. The molecule has 1 fully saturated rings. The van der Waals surface area contributed by atoms with Crippen LogP contribution in [0.2, 0.25) is 0 Å². The highest BCUT2D eigenvalue weighted by Gasteiger charge is 2.34. The van der Waals surface area contributed by atoms with Crippen LogP contribution in [0.3, 0.4) is 0 Å². The maximum Gasteiger partial charge on any atom is 0.186 e. The van der Waals surface area contributed by atoms with Crippen LogP contribution in [0.25, 0.3) is 11.2 Å². The number of nitrogen functional groups attached to an aromatic ring is 1. The van der Waals surface area contributed by atoms with Crippen LogP contribution in [0.1, 0.15) is 6.23 Å². The standard InChI is InChI=1S/C11H16N6O4/c1-19-2-7-11(21-16(5-18)6-20-7)17-4-15-8-9(12)13-3-14-10(8)17/h3-4,7,11,18H,2,5-6H2,1H3,(H2,12,13,14). The summed E-state index contributed by atoms with van der Waals surface area (Å²) < 4.78 is 12.4. The summed E-state index contributed by atoms with van der Waals surface area (Å²) in [5.74, 6) is 0.290. The molecular weight excluding hydrogens is 280 g/mol. The van der Waals surface area contributed by atoms with Crippen molar-refractivity contribution in [2.45, 2.75) is 12.3 Å². The molecule has 0 bridgehead atoms. The molecule has 21 heavy (non-hydrogen) atoms. The normalized spacial score (nSPS) is 23.7. The molecule has 1 saturated heterocycles. The summed E-state index contributed by atoms with van der Waals surface area (Å²) in [6, 6.07) is 0. The Balaban J connectivity index is 1.98. The molecule has 0 aliphatic carbocycles.